The Hall–Kier alpha value is -1.54. The minimum absolute atomic E-state index is 0. The van der Waals surface area contributed by atoms with E-state index in [0.717, 1.165) is 18.4 Å². The van der Waals surface area contributed by atoms with Gasteiger partial charge in [0, 0.05) is 16.5 Å². The van der Waals surface area contributed by atoms with Gasteiger partial charge in [0.05, 0.1) is 5.92 Å². The summed E-state index contributed by atoms with van der Waals surface area (Å²) < 4.78 is 37.5. The molecule has 1 aromatic heterocycles. The molecule has 3 rings (SSSR count). The number of benzene rings is 1. The van der Waals surface area contributed by atoms with Crippen LogP contribution < -0.4 is 5.32 Å². The van der Waals surface area contributed by atoms with E-state index in [1.165, 1.54) is 36.3 Å². The zero-order valence-corrected chi connectivity index (χ0v) is 15.6. The number of nitrogens with one attached hydrogen (secondary N) is 1. The summed E-state index contributed by atoms with van der Waals surface area (Å²) in [4.78, 5) is 17.0. The molecule has 27 heavy (non-hydrogen) atoms. The zero-order chi connectivity index (χ0) is 18.6. The van der Waals surface area contributed by atoms with E-state index in [4.69, 9.17) is 0 Å². The largest absolute Gasteiger partial charge is 0.446 e. The average Bonchev–Trinajstić information content (AvgIpc) is 3.25. The summed E-state index contributed by atoms with van der Waals surface area (Å²) in [6, 6.07) is 6.14. The third-order valence-corrected chi connectivity index (χ3v) is 5.97. The highest BCUT2D eigenvalue weighted by Crippen LogP contribution is 2.39. The van der Waals surface area contributed by atoms with E-state index >= 15 is 0 Å². The molecule has 1 amide bonds. The molecule has 1 atom stereocenters. The van der Waals surface area contributed by atoms with Crippen LogP contribution in [0.15, 0.2) is 40.7 Å². The molecule has 1 aromatic carbocycles. The highest BCUT2D eigenvalue weighted by Gasteiger charge is 2.30. The lowest BCUT2D eigenvalue weighted by Crippen LogP contribution is -2.23. The standard InChI is InChI=1S/C18H19F3N2OS2.CH4/c19-18(20,21)26-14-7-5-13(6-8-14)15(11-12-3-1-2-4-12)16(24)23-17-22-9-10-25-17;/h5-10,12,15H,1-4,11H2,(H,22,23,24);1H4. The van der Waals surface area contributed by atoms with Crippen LogP contribution in [0.25, 0.3) is 0 Å². The summed E-state index contributed by atoms with van der Waals surface area (Å²) in [7, 11) is 0. The van der Waals surface area contributed by atoms with E-state index in [9.17, 15) is 18.0 Å². The van der Waals surface area contributed by atoms with Crippen molar-refractivity contribution in [2.24, 2.45) is 5.92 Å². The van der Waals surface area contributed by atoms with Gasteiger partial charge in [-0.3, -0.25) is 4.79 Å². The van der Waals surface area contributed by atoms with Crippen LogP contribution in [0.4, 0.5) is 18.3 Å². The molecule has 0 saturated heterocycles. The van der Waals surface area contributed by atoms with Crippen molar-refractivity contribution in [2.45, 2.75) is 55.9 Å². The van der Waals surface area contributed by atoms with E-state index in [1.54, 1.807) is 23.7 Å². The van der Waals surface area contributed by atoms with Crippen molar-refractivity contribution in [1.29, 1.82) is 0 Å². The molecule has 1 unspecified atom stereocenters. The lowest BCUT2D eigenvalue weighted by molar-refractivity contribution is -0.118. The van der Waals surface area contributed by atoms with Crippen LogP contribution in [0.5, 0.6) is 0 Å². The number of carbonyl (C=O) groups excluding carboxylic acids is 1. The Bertz CT molecular complexity index is 712. The van der Waals surface area contributed by atoms with Crippen LogP contribution in [0.3, 0.4) is 0 Å². The Labute approximate surface area is 165 Å². The van der Waals surface area contributed by atoms with E-state index < -0.39 is 5.51 Å². The molecule has 0 radical (unpaired) electrons. The number of nitrogens with zero attached hydrogens (tertiary/aromatic N) is 1. The predicted molar refractivity (Wildman–Crippen MR) is 105 cm³/mol. The fourth-order valence-corrected chi connectivity index (χ4v) is 4.42. The zero-order valence-electron chi connectivity index (χ0n) is 14.0. The normalized spacial score (nSPS) is 16.0. The Morgan fingerprint density at radius 3 is 2.48 bits per heavy atom. The molecule has 2 aromatic rings. The van der Waals surface area contributed by atoms with Crippen molar-refractivity contribution < 1.29 is 18.0 Å². The van der Waals surface area contributed by atoms with Crippen molar-refractivity contribution in [1.82, 2.24) is 4.98 Å². The maximum absolute atomic E-state index is 12.8. The molecule has 1 saturated carbocycles. The molecule has 0 aliphatic heterocycles. The van der Waals surface area contributed by atoms with Crippen LogP contribution in [0, 0.1) is 5.92 Å². The smallest absolute Gasteiger partial charge is 0.301 e. The molecule has 148 valence electrons. The van der Waals surface area contributed by atoms with E-state index in [2.05, 4.69) is 10.3 Å². The topological polar surface area (TPSA) is 42.0 Å². The van der Waals surface area contributed by atoms with Crippen LogP contribution in [0.1, 0.15) is 51.0 Å². The SMILES string of the molecule is C.O=C(Nc1nccs1)C(CC1CCCC1)c1ccc(SC(F)(F)F)cc1. The van der Waals surface area contributed by atoms with Crippen molar-refractivity contribution in [3.8, 4) is 0 Å². The van der Waals surface area contributed by atoms with Gasteiger partial charge in [-0.2, -0.15) is 13.2 Å². The van der Waals surface area contributed by atoms with E-state index in [1.807, 2.05) is 0 Å². The lowest BCUT2D eigenvalue weighted by Gasteiger charge is -2.20. The number of carbonyl (C=O) groups is 1. The molecule has 3 nitrogen and oxygen atoms in total. The molecule has 1 aliphatic carbocycles. The summed E-state index contributed by atoms with van der Waals surface area (Å²) in [5.41, 5.74) is -3.56. The Kier molecular flexibility index (Phi) is 7.73. The van der Waals surface area contributed by atoms with Gasteiger partial charge >= 0.3 is 5.51 Å². The van der Waals surface area contributed by atoms with Gasteiger partial charge in [0.15, 0.2) is 5.13 Å². The third kappa shape index (κ3) is 6.53. The fraction of sp³-hybridized carbons (Fsp3) is 0.474. The Balaban J connectivity index is 0.00000261. The Morgan fingerprint density at radius 2 is 1.93 bits per heavy atom. The predicted octanol–water partition coefficient (Wildman–Crippen LogP) is 6.69. The van der Waals surface area contributed by atoms with Crippen LogP contribution >= 0.6 is 23.1 Å². The average molecular weight is 417 g/mol. The van der Waals surface area contributed by atoms with Crippen LogP contribution in [-0.4, -0.2) is 16.4 Å². The van der Waals surface area contributed by atoms with Gasteiger partial charge in [0.25, 0.3) is 0 Å². The van der Waals surface area contributed by atoms with Crippen LogP contribution in [-0.2, 0) is 4.79 Å². The quantitative estimate of drug-likeness (QED) is 0.533. The highest BCUT2D eigenvalue weighted by molar-refractivity contribution is 8.00. The molecule has 0 bridgehead atoms. The van der Waals surface area contributed by atoms with Crippen molar-refractivity contribution >= 4 is 34.1 Å². The number of alkyl halides is 3. The number of thiazole rings is 1. The minimum atomic E-state index is -4.31. The van der Waals surface area contributed by atoms with Crippen molar-refractivity contribution in [2.75, 3.05) is 5.32 Å². The number of amides is 1. The number of hydrogen-bond donors (Lipinski definition) is 1. The first-order valence-electron chi connectivity index (χ1n) is 8.47. The molecule has 1 N–H and O–H groups in total. The van der Waals surface area contributed by atoms with Crippen molar-refractivity contribution in [3.63, 3.8) is 0 Å². The maximum atomic E-state index is 12.8. The van der Waals surface area contributed by atoms with E-state index in [-0.39, 0.29) is 35.9 Å². The first-order chi connectivity index (χ1) is 12.4. The van der Waals surface area contributed by atoms with Gasteiger partial charge in [0.2, 0.25) is 5.91 Å². The van der Waals surface area contributed by atoms with Gasteiger partial charge in [-0.05, 0) is 41.8 Å². The number of rotatable bonds is 6. The summed E-state index contributed by atoms with van der Waals surface area (Å²) in [5.74, 6) is -0.0544. The first kappa shape index (κ1) is 21.8. The number of thioether (sulfide) groups is 1. The molecule has 0 spiro atoms. The molecule has 1 aliphatic rings. The highest BCUT2D eigenvalue weighted by atomic mass is 32.2. The summed E-state index contributed by atoms with van der Waals surface area (Å²) >= 11 is 1.20. The molecule has 1 heterocycles. The minimum Gasteiger partial charge on any atom is -0.301 e. The Morgan fingerprint density at radius 1 is 1.26 bits per heavy atom. The van der Waals surface area contributed by atoms with Gasteiger partial charge in [-0.1, -0.05) is 45.2 Å². The fourth-order valence-electron chi connectivity index (χ4n) is 3.35. The van der Waals surface area contributed by atoms with Gasteiger partial charge in [-0.15, -0.1) is 11.3 Å². The first-order valence-corrected chi connectivity index (χ1v) is 10.2. The molecule has 1 fully saturated rings. The van der Waals surface area contributed by atoms with Crippen molar-refractivity contribution in [3.05, 3.63) is 41.4 Å². The van der Waals surface area contributed by atoms with Gasteiger partial charge in [0.1, 0.15) is 0 Å². The summed E-state index contributed by atoms with van der Waals surface area (Å²) in [5, 5.41) is 5.15. The molecular weight excluding hydrogens is 393 g/mol. The summed E-state index contributed by atoms with van der Waals surface area (Å²) in [6.45, 7) is 0. The lowest BCUT2D eigenvalue weighted by atomic mass is 9.87. The van der Waals surface area contributed by atoms with Crippen LogP contribution in [0.2, 0.25) is 0 Å². The molecule has 8 heteroatoms. The second kappa shape index (κ2) is 9.59. The monoisotopic (exact) mass is 416 g/mol. The summed E-state index contributed by atoms with van der Waals surface area (Å²) in [6.07, 6.45) is 6.88. The number of anilines is 1. The molecular formula is C19H23F3N2OS2. The number of hydrogen-bond acceptors (Lipinski definition) is 4. The van der Waals surface area contributed by atoms with Gasteiger partial charge < -0.3 is 5.32 Å². The second-order valence-corrected chi connectivity index (χ2v) is 8.42. The third-order valence-electron chi connectivity index (χ3n) is 4.54. The maximum Gasteiger partial charge on any atom is 0.446 e. The van der Waals surface area contributed by atoms with Gasteiger partial charge in [-0.25, -0.2) is 4.98 Å². The second-order valence-electron chi connectivity index (χ2n) is 6.38. The number of aromatic nitrogens is 1. The van der Waals surface area contributed by atoms with E-state index in [0.29, 0.717) is 17.5 Å². The number of halogens is 3.